The summed E-state index contributed by atoms with van der Waals surface area (Å²) in [6.45, 7) is 2.61. The number of furan rings is 1. The number of aliphatic imine (C=N–C) groups is 1. The molecule has 7 heteroatoms. The Morgan fingerprint density at radius 3 is 2.81 bits per heavy atom. The molecule has 0 atom stereocenters. The molecule has 7 nitrogen and oxygen atoms in total. The highest BCUT2D eigenvalue weighted by molar-refractivity contribution is 5.91. The van der Waals surface area contributed by atoms with E-state index in [1.54, 1.807) is 19.2 Å². The first kappa shape index (κ1) is 17.8. The van der Waals surface area contributed by atoms with E-state index in [9.17, 15) is 4.79 Å². The first-order valence-corrected chi connectivity index (χ1v) is 8.77. The van der Waals surface area contributed by atoms with Crippen LogP contribution < -0.4 is 20.7 Å². The molecule has 1 aliphatic rings. The maximum atomic E-state index is 11.7. The van der Waals surface area contributed by atoms with Crippen LogP contribution in [-0.2, 0) is 12.8 Å². The van der Waals surface area contributed by atoms with Gasteiger partial charge in [0.05, 0.1) is 12.9 Å². The minimum absolute atomic E-state index is 0.222. The van der Waals surface area contributed by atoms with Crippen molar-refractivity contribution >= 4 is 11.9 Å². The molecule has 0 spiro atoms. The molecule has 0 aliphatic carbocycles. The van der Waals surface area contributed by atoms with E-state index in [-0.39, 0.29) is 5.91 Å². The Morgan fingerprint density at radius 2 is 2.00 bits per heavy atom. The molecule has 3 N–H and O–H groups in total. The first-order valence-electron chi connectivity index (χ1n) is 8.77. The summed E-state index contributed by atoms with van der Waals surface area (Å²) in [6, 6.07) is 9.68. The lowest BCUT2D eigenvalue weighted by Crippen LogP contribution is -2.42. The normalized spacial score (nSPS) is 13.0. The molecule has 0 unspecified atom stereocenters. The Hall–Kier alpha value is -2.96. The van der Waals surface area contributed by atoms with E-state index < -0.39 is 0 Å². The number of rotatable bonds is 7. The van der Waals surface area contributed by atoms with E-state index in [1.807, 2.05) is 6.07 Å². The van der Waals surface area contributed by atoms with Gasteiger partial charge in [0.2, 0.25) is 0 Å². The van der Waals surface area contributed by atoms with Crippen LogP contribution >= 0.6 is 0 Å². The number of nitrogens with one attached hydrogen (secondary N) is 3. The van der Waals surface area contributed by atoms with E-state index in [0.29, 0.717) is 24.8 Å². The summed E-state index contributed by atoms with van der Waals surface area (Å²) in [5.41, 5.74) is 2.57. The van der Waals surface area contributed by atoms with Gasteiger partial charge in [-0.15, -0.1) is 0 Å². The molecule has 1 aromatic heterocycles. The van der Waals surface area contributed by atoms with Gasteiger partial charge in [-0.1, -0.05) is 12.1 Å². The summed E-state index contributed by atoms with van der Waals surface area (Å²) in [5, 5.41) is 9.23. The molecule has 1 aromatic carbocycles. The second kappa shape index (κ2) is 8.94. The summed E-state index contributed by atoms with van der Waals surface area (Å²) in [6.07, 6.45) is 3.37. The lowest BCUT2D eigenvalue weighted by molar-refractivity contribution is 0.0926. The standard InChI is InChI=1S/C19H24N4O3/c1-20-19(23-10-9-21-18(24)17-3-2-11-25-17)22-8-6-14-4-5-16-15(13-14)7-12-26-16/h2-5,11,13H,6-10,12H2,1H3,(H,21,24)(H2,20,22,23). The smallest absolute Gasteiger partial charge is 0.287 e. The quantitative estimate of drug-likeness (QED) is 0.396. The first-order chi connectivity index (χ1) is 12.8. The van der Waals surface area contributed by atoms with Crippen molar-refractivity contribution < 1.29 is 13.9 Å². The van der Waals surface area contributed by atoms with Gasteiger partial charge in [0.15, 0.2) is 11.7 Å². The number of hydrogen-bond donors (Lipinski definition) is 3. The number of guanidine groups is 1. The number of fused-ring (bicyclic) bond motifs is 1. The predicted molar refractivity (Wildman–Crippen MR) is 99.8 cm³/mol. The van der Waals surface area contributed by atoms with E-state index >= 15 is 0 Å². The molecular formula is C19H24N4O3. The molecular weight excluding hydrogens is 332 g/mol. The highest BCUT2D eigenvalue weighted by Gasteiger charge is 2.11. The second-order valence-electron chi connectivity index (χ2n) is 5.95. The van der Waals surface area contributed by atoms with Gasteiger partial charge < -0.3 is 25.1 Å². The lowest BCUT2D eigenvalue weighted by atomic mass is 10.1. The molecule has 1 amide bonds. The lowest BCUT2D eigenvalue weighted by Gasteiger charge is -2.12. The van der Waals surface area contributed by atoms with E-state index in [4.69, 9.17) is 9.15 Å². The van der Waals surface area contributed by atoms with Crippen molar-refractivity contribution in [2.75, 3.05) is 33.3 Å². The largest absolute Gasteiger partial charge is 0.493 e. The summed E-state index contributed by atoms with van der Waals surface area (Å²) < 4.78 is 10.6. The van der Waals surface area contributed by atoms with Crippen molar-refractivity contribution in [2.45, 2.75) is 12.8 Å². The number of amides is 1. The van der Waals surface area contributed by atoms with Crippen LogP contribution in [0.2, 0.25) is 0 Å². The summed E-state index contributed by atoms with van der Waals surface area (Å²) in [4.78, 5) is 15.9. The summed E-state index contributed by atoms with van der Waals surface area (Å²) in [7, 11) is 1.73. The van der Waals surface area contributed by atoms with Gasteiger partial charge in [0, 0.05) is 33.1 Å². The average molecular weight is 356 g/mol. The van der Waals surface area contributed by atoms with Gasteiger partial charge in [-0.25, -0.2) is 0 Å². The number of carbonyl (C=O) groups excluding carboxylic acids is 1. The fraction of sp³-hybridized carbons (Fsp3) is 0.368. The van der Waals surface area contributed by atoms with Gasteiger partial charge >= 0.3 is 0 Å². The predicted octanol–water partition coefficient (Wildman–Crippen LogP) is 1.35. The molecule has 0 fully saturated rings. The van der Waals surface area contributed by atoms with Crippen LogP contribution in [0.5, 0.6) is 5.75 Å². The van der Waals surface area contributed by atoms with Crippen LogP contribution in [0.1, 0.15) is 21.7 Å². The molecule has 0 saturated carbocycles. The highest BCUT2D eigenvalue weighted by Crippen LogP contribution is 2.25. The monoisotopic (exact) mass is 356 g/mol. The molecule has 138 valence electrons. The Morgan fingerprint density at radius 1 is 1.15 bits per heavy atom. The fourth-order valence-electron chi connectivity index (χ4n) is 2.79. The number of hydrogen-bond acceptors (Lipinski definition) is 4. The average Bonchev–Trinajstić information content (AvgIpc) is 3.34. The summed E-state index contributed by atoms with van der Waals surface area (Å²) in [5.74, 6) is 1.81. The van der Waals surface area contributed by atoms with Crippen molar-refractivity contribution in [3.05, 3.63) is 53.5 Å². The fourth-order valence-corrected chi connectivity index (χ4v) is 2.79. The maximum absolute atomic E-state index is 11.7. The molecule has 26 heavy (non-hydrogen) atoms. The summed E-state index contributed by atoms with van der Waals surface area (Å²) >= 11 is 0. The van der Waals surface area contributed by atoms with Crippen molar-refractivity contribution in [1.82, 2.24) is 16.0 Å². The van der Waals surface area contributed by atoms with Crippen LogP contribution in [0, 0.1) is 0 Å². The molecule has 3 rings (SSSR count). The van der Waals surface area contributed by atoms with Gasteiger partial charge in [0.25, 0.3) is 5.91 Å². The van der Waals surface area contributed by atoms with Crippen molar-refractivity contribution in [1.29, 1.82) is 0 Å². The number of benzene rings is 1. The Bertz CT molecular complexity index is 756. The maximum Gasteiger partial charge on any atom is 0.287 e. The third kappa shape index (κ3) is 4.78. The van der Waals surface area contributed by atoms with Crippen molar-refractivity contribution in [2.24, 2.45) is 4.99 Å². The third-order valence-electron chi connectivity index (χ3n) is 4.13. The topological polar surface area (TPSA) is 87.9 Å². The zero-order valence-electron chi connectivity index (χ0n) is 14.9. The van der Waals surface area contributed by atoms with Crippen LogP contribution in [0.3, 0.4) is 0 Å². The van der Waals surface area contributed by atoms with Gasteiger partial charge in [-0.3, -0.25) is 9.79 Å². The molecule has 2 heterocycles. The van der Waals surface area contributed by atoms with Crippen molar-refractivity contribution in [3.63, 3.8) is 0 Å². The van der Waals surface area contributed by atoms with E-state index in [2.05, 4.69) is 33.1 Å². The van der Waals surface area contributed by atoms with Crippen LogP contribution in [0.25, 0.3) is 0 Å². The Labute approximate surface area is 152 Å². The van der Waals surface area contributed by atoms with Gasteiger partial charge in [0.1, 0.15) is 5.75 Å². The SMILES string of the molecule is CN=C(NCCNC(=O)c1ccco1)NCCc1ccc2c(c1)CCO2. The van der Waals surface area contributed by atoms with Crippen LogP contribution in [-0.4, -0.2) is 45.2 Å². The van der Waals surface area contributed by atoms with Crippen molar-refractivity contribution in [3.8, 4) is 5.75 Å². The molecule has 0 bridgehead atoms. The van der Waals surface area contributed by atoms with Gasteiger partial charge in [-0.05, 0) is 35.7 Å². The molecule has 0 saturated heterocycles. The number of carbonyl (C=O) groups is 1. The molecule has 0 radical (unpaired) electrons. The third-order valence-corrected chi connectivity index (χ3v) is 4.13. The number of ether oxygens (including phenoxy) is 1. The van der Waals surface area contributed by atoms with E-state index in [1.165, 1.54) is 17.4 Å². The zero-order valence-corrected chi connectivity index (χ0v) is 14.9. The zero-order chi connectivity index (χ0) is 18.2. The molecule has 1 aliphatic heterocycles. The molecule has 2 aromatic rings. The van der Waals surface area contributed by atoms with E-state index in [0.717, 1.165) is 31.7 Å². The minimum Gasteiger partial charge on any atom is -0.493 e. The van der Waals surface area contributed by atoms with Crippen LogP contribution in [0.15, 0.2) is 46.0 Å². The minimum atomic E-state index is -0.222. The Kier molecular flexibility index (Phi) is 6.14. The van der Waals surface area contributed by atoms with Gasteiger partial charge in [-0.2, -0.15) is 0 Å². The van der Waals surface area contributed by atoms with Crippen LogP contribution in [0.4, 0.5) is 0 Å². The number of nitrogens with zero attached hydrogens (tertiary/aromatic N) is 1. The highest BCUT2D eigenvalue weighted by atomic mass is 16.5. The second-order valence-corrected chi connectivity index (χ2v) is 5.95. The Balaban J connectivity index is 1.34.